The molecule has 0 bridgehead atoms. The third-order valence-corrected chi connectivity index (χ3v) is 4.95. The van der Waals surface area contributed by atoms with E-state index < -0.39 is 11.7 Å². The Kier molecular flexibility index (Phi) is 6.20. The van der Waals surface area contributed by atoms with Gasteiger partial charge in [0, 0.05) is 38.9 Å². The van der Waals surface area contributed by atoms with Crippen molar-refractivity contribution in [1.29, 1.82) is 0 Å². The molecule has 28 heavy (non-hydrogen) atoms. The molecule has 1 aromatic heterocycles. The first kappa shape index (κ1) is 20.5. The molecule has 0 amide bonds. The summed E-state index contributed by atoms with van der Waals surface area (Å²) in [5.41, 5.74) is 0.255. The number of aromatic nitrogens is 1. The lowest BCUT2D eigenvalue weighted by atomic mass is 10.1. The van der Waals surface area contributed by atoms with E-state index in [1.54, 1.807) is 14.2 Å². The van der Waals surface area contributed by atoms with Crippen molar-refractivity contribution in [3.05, 3.63) is 46.6 Å². The van der Waals surface area contributed by atoms with E-state index in [1.807, 2.05) is 23.1 Å². The van der Waals surface area contributed by atoms with Gasteiger partial charge in [-0.25, -0.2) is 4.98 Å². The zero-order valence-electron chi connectivity index (χ0n) is 15.6. The van der Waals surface area contributed by atoms with Gasteiger partial charge in [0.1, 0.15) is 5.82 Å². The molecule has 0 atom stereocenters. The molecule has 2 aromatic rings. The Labute approximate surface area is 166 Å². The van der Waals surface area contributed by atoms with Crippen molar-refractivity contribution in [2.45, 2.75) is 12.7 Å². The third-order valence-electron chi connectivity index (χ3n) is 4.68. The van der Waals surface area contributed by atoms with Crippen molar-refractivity contribution in [2.75, 3.05) is 45.3 Å². The molecule has 0 saturated carbocycles. The Balaban J connectivity index is 1.62. The van der Waals surface area contributed by atoms with Crippen LogP contribution in [0.25, 0.3) is 0 Å². The SMILES string of the molecule is COc1ccc(CN2CCN(c3ncc(C(F)(F)F)cc3Cl)CC2)cc1OC. The Bertz CT molecular complexity index is 825. The van der Waals surface area contributed by atoms with Crippen LogP contribution in [-0.4, -0.2) is 50.3 Å². The zero-order chi connectivity index (χ0) is 20.3. The van der Waals surface area contributed by atoms with Crippen LogP contribution in [0.1, 0.15) is 11.1 Å². The highest BCUT2D eigenvalue weighted by Crippen LogP contribution is 2.34. The van der Waals surface area contributed by atoms with Gasteiger partial charge in [-0.1, -0.05) is 17.7 Å². The molecule has 152 valence electrons. The van der Waals surface area contributed by atoms with Crippen molar-refractivity contribution in [2.24, 2.45) is 0 Å². The summed E-state index contributed by atoms with van der Waals surface area (Å²) in [5, 5.41) is 0.0168. The van der Waals surface area contributed by atoms with Gasteiger partial charge in [0.25, 0.3) is 0 Å². The highest BCUT2D eigenvalue weighted by molar-refractivity contribution is 6.33. The summed E-state index contributed by atoms with van der Waals surface area (Å²) < 4.78 is 48.9. The number of piperazine rings is 1. The number of halogens is 4. The molecule has 0 spiro atoms. The largest absolute Gasteiger partial charge is 0.493 e. The first-order valence-corrected chi connectivity index (χ1v) is 9.10. The van der Waals surface area contributed by atoms with Gasteiger partial charge < -0.3 is 14.4 Å². The second kappa shape index (κ2) is 8.45. The van der Waals surface area contributed by atoms with E-state index in [4.69, 9.17) is 21.1 Å². The highest BCUT2D eigenvalue weighted by Gasteiger charge is 2.32. The molecule has 2 heterocycles. The molecular formula is C19H21ClF3N3O2. The minimum atomic E-state index is -4.45. The molecule has 3 rings (SSSR count). The zero-order valence-corrected chi connectivity index (χ0v) is 16.3. The minimum absolute atomic E-state index is 0.0168. The van der Waals surface area contributed by atoms with Crippen molar-refractivity contribution in [3.8, 4) is 11.5 Å². The van der Waals surface area contributed by atoms with Crippen LogP contribution in [0, 0.1) is 0 Å². The number of benzene rings is 1. The van der Waals surface area contributed by atoms with Crippen molar-refractivity contribution in [3.63, 3.8) is 0 Å². The fourth-order valence-electron chi connectivity index (χ4n) is 3.17. The van der Waals surface area contributed by atoms with E-state index in [-0.39, 0.29) is 5.02 Å². The van der Waals surface area contributed by atoms with Gasteiger partial charge in [-0.3, -0.25) is 4.90 Å². The second-order valence-electron chi connectivity index (χ2n) is 6.48. The maximum Gasteiger partial charge on any atom is 0.417 e. The number of nitrogens with zero attached hydrogens (tertiary/aromatic N) is 3. The number of alkyl halides is 3. The monoisotopic (exact) mass is 415 g/mol. The van der Waals surface area contributed by atoms with Crippen LogP contribution in [0.2, 0.25) is 5.02 Å². The van der Waals surface area contributed by atoms with Crippen LogP contribution in [0.4, 0.5) is 19.0 Å². The molecule has 0 unspecified atom stereocenters. The number of ether oxygens (including phenoxy) is 2. The quantitative estimate of drug-likeness (QED) is 0.735. The summed E-state index contributed by atoms with van der Waals surface area (Å²) in [6, 6.07) is 6.73. The van der Waals surface area contributed by atoms with Crippen molar-refractivity contribution >= 4 is 17.4 Å². The molecule has 5 nitrogen and oxygen atoms in total. The van der Waals surface area contributed by atoms with Crippen molar-refractivity contribution in [1.82, 2.24) is 9.88 Å². The van der Waals surface area contributed by atoms with E-state index >= 15 is 0 Å². The van der Waals surface area contributed by atoms with Gasteiger partial charge in [0.2, 0.25) is 0 Å². The first-order valence-electron chi connectivity index (χ1n) is 8.72. The minimum Gasteiger partial charge on any atom is -0.493 e. The van der Waals surface area contributed by atoms with Crippen LogP contribution in [0.15, 0.2) is 30.5 Å². The molecule has 1 aliphatic heterocycles. The molecule has 1 aromatic carbocycles. The summed E-state index contributed by atoms with van der Waals surface area (Å²) >= 11 is 6.05. The molecule has 0 aliphatic carbocycles. The Morgan fingerprint density at radius 3 is 2.29 bits per heavy atom. The van der Waals surface area contributed by atoms with Gasteiger partial charge in [-0.15, -0.1) is 0 Å². The smallest absolute Gasteiger partial charge is 0.417 e. The maximum absolute atomic E-state index is 12.8. The van der Waals surface area contributed by atoms with Gasteiger partial charge in [0.15, 0.2) is 11.5 Å². The molecule has 1 saturated heterocycles. The standard InChI is InChI=1S/C19H21ClF3N3O2/c1-27-16-4-3-13(9-17(16)28-2)12-25-5-7-26(8-6-25)18-15(20)10-14(11-24-18)19(21,22)23/h3-4,9-11H,5-8,12H2,1-2H3. The fourth-order valence-corrected chi connectivity index (χ4v) is 3.46. The second-order valence-corrected chi connectivity index (χ2v) is 6.89. The summed E-state index contributed by atoms with van der Waals surface area (Å²) in [7, 11) is 3.19. The Hall–Kier alpha value is -2.19. The van der Waals surface area contributed by atoms with E-state index in [0.717, 1.165) is 37.5 Å². The van der Waals surface area contributed by atoms with Crippen molar-refractivity contribution < 1.29 is 22.6 Å². The van der Waals surface area contributed by atoms with Gasteiger partial charge in [0.05, 0.1) is 24.8 Å². The molecular weight excluding hydrogens is 395 g/mol. The molecule has 0 N–H and O–H groups in total. The topological polar surface area (TPSA) is 37.8 Å². The average molecular weight is 416 g/mol. The van der Waals surface area contributed by atoms with Crippen LogP contribution in [-0.2, 0) is 12.7 Å². The Morgan fingerprint density at radius 1 is 1.04 bits per heavy atom. The Morgan fingerprint density at radius 2 is 1.71 bits per heavy atom. The predicted octanol–water partition coefficient (Wildman–Crippen LogP) is 4.09. The summed E-state index contributed by atoms with van der Waals surface area (Å²) in [6.07, 6.45) is -3.62. The lowest BCUT2D eigenvalue weighted by Crippen LogP contribution is -2.46. The first-order chi connectivity index (χ1) is 13.3. The van der Waals surface area contributed by atoms with E-state index in [9.17, 15) is 13.2 Å². The van der Waals surface area contributed by atoms with E-state index in [0.29, 0.717) is 30.4 Å². The summed E-state index contributed by atoms with van der Waals surface area (Å²) in [5.74, 6) is 1.75. The number of hydrogen-bond donors (Lipinski definition) is 0. The molecule has 0 radical (unpaired) electrons. The normalized spacial score (nSPS) is 15.6. The third kappa shape index (κ3) is 4.62. The van der Waals surface area contributed by atoms with E-state index in [1.165, 1.54) is 0 Å². The predicted molar refractivity (Wildman–Crippen MR) is 101 cm³/mol. The van der Waals surface area contributed by atoms with Gasteiger partial charge in [-0.05, 0) is 23.8 Å². The van der Waals surface area contributed by atoms with Gasteiger partial charge >= 0.3 is 6.18 Å². The fraction of sp³-hybridized carbons (Fsp3) is 0.421. The summed E-state index contributed by atoms with van der Waals surface area (Å²) in [6.45, 7) is 3.49. The van der Waals surface area contributed by atoms with Crippen LogP contribution < -0.4 is 14.4 Å². The van der Waals surface area contributed by atoms with E-state index in [2.05, 4.69) is 9.88 Å². The lowest BCUT2D eigenvalue weighted by Gasteiger charge is -2.35. The summed E-state index contributed by atoms with van der Waals surface area (Å²) in [4.78, 5) is 8.11. The number of methoxy groups -OCH3 is 2. The number of anilines is 1. The maximum atomic E-state index is 12.8. The molecule has 1 fully saturated rings. The molecule has 1 aliphatic rings. The van der Waals surface area contributed by atoms with Crippen LogP contribution in [0.3, 0.4) is 0 Å². The highest BCUT2D eigenvalue weighted by atomic mass is 35.5. The van der Waals surface area contributed by atoms with Crippen LogP contribution >= 0.6 is 11.6 Å². The molecule has 9 heteroatoms. The number of rotatable bonds is 5. The van der Waals surface area contributed by atoms with Crippen LogP contribution in [0.5, 0.6) is 11.5 Å². The number of pyridine rings is 1. The number of hydrogen-bond acceptors (Lipinski definition) is 5. The lowest BCUT2D eigenvalue weighted by molar-refractivity contribution is -0.137. The van der Waals surface area contributed by atoms with Gasteiger partial charge in [-0.2, -0.15) is 13.2 Å². The average Bonchev–Trinajstić information content (AvgIpc) is 2.68.